The standard InChI is InChI=1S/C28H42FNS2/c1-21(23-12-6-4-7-13-23)24-14-9-11-22(15-16-24)10-5-2-3-8-19-31-28-30-26-18-17-25(29)20-27(26)32-28/h17-18,20-24H,2-16,19H2,1H3. The lowest BCUT2D eigenvalue weighted by Crippen LogP contribution is -2.23. The van der Waals surface area contributed by atoms with Crippen LogP contribution in [-0.4, -0.2) is 10.7 Å². The average Bonchev–Trinajstić information content (AvgIpc) is 3.06. The van der Waals surface area contributed by atoms with Crippen molar-refractivity contribution >= 4 is 33.3 Å². The summed E-state index contributed by atoms with van der Waals surface area (Å²) >= 11 is 3.46. The van der Waals surface area contributed by atoms with Gasteiger partial charge in [0.2, 0.25) is 0 Å². The highest BCUT2D eigenvalue weighted by molar-refractivity contribution is 8.01. The second kappa shape index (κ2) is 12.7. The van der Waals surface area contributed by atoms with E-state index in [9.17, 15) is 4.39 Å². The summed E-state index contributed by atoms with van der Waals surface area (Å²) in [5.41, 5.74) is 0.928. The average molecular weight is 476 g/mol. The monoisotopic (exact) mass is 475 g/mol. The fraction of sp³-hybridized carbons (Fsp3) is 0.750. The second-order valence-corrected chi connectivity index (χ2v) is 12.9. The summed E-state index contributed by atoms with van der Waals surface area (Å²) in [6.45, 7) is 2.59. The molecule has 0 spiro atoms. The summed E-state index contributed by atoms with van der Waals surface area (Å²) < 4.78 is 15.4. The van der Waals surface area contributed by atoms with Gasteiger partial charge in [-0.05, 0) is 54.7 Å². The Hall–Kier alpha value is -0.610. The molecule has 2 fully saturated rings. The van der Waals surface area contributed by atoms with Crippen LogP contribution in [0.2, 0.25) is 0 Å². The van der Waals surface area contributed by atoms with E-state index in [2.05, 4.69) is 11.9 Å². The Labute approximate surface area is 203 Å². The number of fused-ring (bicyclic) bond motifs is 1. The molecule has 3 atom stereocenters. The van der Waals surface area contributed by atoms with Crippen molar-refractivity contribution in [2.45, 2.75) is 108 Å². The molecule has 1 nitrogen and oxygen atoms in total. The maximum atomic E-state index is 13.3. The number of thioether (sulfide) groups is 1. The third-order valence-corrected chi connectivity index (χ3v) is 10.6. The van der Waals surface area contributed by atoms with E-state index in [-0.39, 0.29) is 5.82 Å². The van der Waals surface area contributed by atoms with Gasteiger partial charge in [-0.15, -0.1) is 11.3 Å². The van der Waals surface area contributed by atoms with E-state index < -0.39 is 0 Å². The Balaban J connectivity index is 1.07. The van der Waals surface area contributed by atoms with Crippen molar-refractivity contribution in [3.8, 4) is 0 Å². The number of thiazole rings is 1. The van der Waals surface area contributed by atoms with Gasteiger partial charge in [-0.1, -0.05) is 102 Å². The van der Waals surface area contributed by atoms with Gasteiger partial charge in [-0.2, -0.15) is 0 Å². The Morgan fingerprint density at radius 1 is 0.938 bits per heavy atom. The molecule has 0 amide bonds. The van der Waals surface area contributed by atoms with Crippen molar-refractivity contribution in [3.05, 3.63) is 24.0 Å². The third kappa shape index (κ3) is 7.19. The van der Waals surface area contributed by atoms with E-state index >= 15 is 0 Å². The zero-order chi connectivity index (χ0) is 22.2. The molecule has 0 bridgehead atoms. The van der Waals surface area contributed by atoms with Crippen molar-refractivity contribution < 1.29 is 4.39 Å². The largest absolute Gasteiger partial charge is 0.230 e. The number of rotatable bonds is 10. The number of aromatic nitrogens is 1. The van der Waals surface area contributed by atoms with E-state index in [1.54, 1.807) is 23.5 Å². The lowest BCUT2D eigenvalue weighted by Gasteiger charge is -2.33. The lowest BCUT2D eigenvalue weighted by atomic mass is 9.73. The highest BCUT2D eigenvalue weighted by Gasteiger charge is 2.29. The molecule has 0 aliphatic heterocycles. The molecule has 178 valence electrons. The number of unbranched alkanes of at least 4 members (excludes halogenated alkanes) is 3. The van der Waals surface area contributed by atoms with Crippen LogP contribution in [-0.2, 0) is 0 Å². The van der Waals surface area contributed by atoms with Crippen molar-refractivity contribution in [2.75, 3.05) is 5.75 Å². The van der Waals surface area contributed by atoms with E-state index in [4.69, 9.17) is 0 Å². The SMILES string of the molecule is CC(C1CCCCC1)C1CCCC(CCCCCCSc2nc3ccc(F)cc3s2)CC1. The number of hydrogen-bond acceptors (Lipinski definition) is 3. The summed E-state index contributed by atoms with van der Waals surface area (Å²) in [4.78, 5) is 4.62. The van der Waals surface area contributed by atoms with Crippen molar-refractivity contribution in [3.63, 3.8) is 0 Å². The smallest absolute Gasteiger partial charge is 0.151 e. The van der Waals surface area contributed by atoms with Crippen molar-refractivity contribution in [1.82, 2.24) is 4.98 Å². The second-order valence-electron chi connectivity index (χ2n) is 10.5. The molecule has 0 saturated heterocycles. The number of benzene rings is 1. The van der Waals surface area contributed by atoms with Crippen molar-refractivity contribution in [2.24, 2.45) is 23.7 Å². The summed E-state index contributed by atoms with van der Waals surface area (Å²) in [6, 6.07) is 4.89. The zero-order valence-corrected chi connectivity index (χ0v) is 21.6. The predicted octanol–water partition coefficient (Wildman–Crippen LogP) is 9.89. The Kier molecular flexibility index (Phi) is 9.76. The van der Waals surface area contributed by atoms with Crippen LogP contribution in [0.3, 0.4) is 0 Å². The van der Waals surface area contributed by atoms with Gasteiger partial charge >= 0.3 is 0 Å². The quantitative estimate of drug-likeness (QED) is 0.193. The summed E-state index contributed by atoms with van der Waals surface area (Å²) in [6.07, 6.45) is 21.8. The van der Waals surface area contributed by atoms with E-state index in [1.165, 1.54) is 102 Å². The molecule has 1 heterocycles. The Morgan fingerprint density at radius 2 is 1.72 bits per heavy atom. The van der Waals surface area contributed by atoms with Gasteiger partial charge < -0.3 is 0 Å². The molecule has 2 aliphatic carbocycles. The van der Waals surface area contributed by atoms with Crippen LogP contribution in [0.5, 0.6) is 0 Å². The molecule has 1 aromatic carbocycles. The first-order valence-electron chi connectivity index (χ1n) is 13.4. The van der Waals surface area contributed by atoms with Gasteiger partial charge in [0.15, 0.2) is 4.34 Å². The number of halogens is 1. The van der Waals surface area contributed by atoms with Crippen molar-refractivity contribution in [1.29, 1.82) is 0 Å². The van der Waals surface area contributed by atoms with Gasteiger partial charge in [-0.25, -0.2) is 9.37 Å². The third-order valence-electron chi connectivity index (χ3n) is 8.33. The molecule has 2 saturated carbocycles. The van der Waals surface area contributed by atoms with E-state index in [0.29, 0.717) is 0 Å². The molecule has 2 aliphatic rings. The number of nitrogens with zero attached hydrogens (tertiary/aromatic N) is 1. The van der Waals surface area contributed by atoms with Crippen LogP contribution >= 0.6 is 23.1 Å². The molecule has 0 N–H and O–H groups in total. The molecule has 1 aromatic heterocycles. The topological polar surface area (TPSA) is 12.9 Å². The summed E-state index contributed by atoms with van der Waals surface area (Å²) in [7, 11) is 0. The maximum absolute atomic E-state index is 13.3. The lowest BCUT2D eigenvalue weighted by molar-refractivity contribution is 0.178. The summed E-state index contributed by atoms with van der Waals surface area (Å²) in [5, 5.41) is 0. The van der Waals surface area contributed by atoms with Crippen LogP contribution in [0.15, 0.2) is 22.5 Å². The van der Waals surface area contributed by atoms with Crippen LogP contribution in [0, 0.1) is 29.5 Å². The molecule has 4 heteroatoms. The highest BCUT2D eigenvalue weighted by Crippen LogP contribution is 2.40. The molecular weight excluding hydrogens is 433 g/mol. The van der Waals surface area contributed by atoms with Gasteiger partial charge in [0.25, 0.3) is 0 Å². The minimum absolute atomic E-state index is 0.166. The van der Waals surface area contributed by atoms with Crippen LogP contribution < -0.4 is 0 Å². The van der Waals surface area contributed by atoms with Crippen LogP contribution in [0.1, 0.15) is 103 Å². The molecule has 3 unspecified atom stereocenters. The fourth-order valence-corrected chi connectivity index (χ4v) is 8.42. The van der Waals surface area contributed by atoms with Gasteiger partial charge in [0, 0.05) is 5.75 Å². The molecule has 2 aromatic rings. The first-order chi connectivity index (χ1) is 15.7. The number of hydrogen-bond donors (Lipinski definition) is 0. The highest BCUT2D eigenvalue weighted by atomic mass is 32.2. The van der Waals surface area contributed by atoms with Gasteiger partial charge in [-0.3, -0.25) is 0 Å². The maximum Gasteiger partial charge on any atom is 0.151 e. The normalized spacial score (nSPS) is 23.9. The van der Waals surface area contributed by atoms with Crippen LogP contribution in [0.4, 0.5) is 4.39 Å². The molecule has 0 radical (unpaired) electrons. The van der Waals surface area contributed by atoms with E-state index in [1.807, 2.05) is 11.8 Å². The fourth-order valence-electron chi connectivity index (χ4n) is 6.25. The molecule has 4 rings (SSSR count). The Morgan fingerprint density at radius 3 is 2.59 bits per heavy atom. The van der Waals surface area contributed by atoms with Gasteiger partial charge in [0.05, 0.1) is 10.2 Å². The molecule has 32 heavy (non-hydrogen) atoms. The minimum Gasteiger partial charge on any atom is -0.230 e. The first kappa shape index (κ1) is 24.5. The van der Waals surface area contributed by atoms with Gasteiger partial charge in [0.1, 0.15) is 5.82 Å². The van der Waals surface area contributed by atoms with E-state index in [0.717, 1.165) is 44.0 Å². The predicted molar refractivity (Wildman–Crippen MR) is 139 cm³/mol. The zero-order valence-electron chi connectivity index (χ0n) is 20.0. The Bertz CT molecular complexity index is 813. The van der Waals surface area contributed by atoms with Crippen LogP contribution in [0.25, 0.3) is 10.2 Å². The summed E-state index contributed by atoms with van der Waals surface area (Å²) in [5.74, 6) is 4.98. The minimum atomic E-state index is -0.166. The molecular formula is C28H42FNS2. The first-order valence-corrected chi connectivity index (χ1v) is 15.2.